The molecule has 0 aliphatic rings. The third-order valence-corrected chi connectivity index (χ3v) is 3.19. The Morgan fingerprint density at radius 3 is 2.78 bits per heavy atom. The van der Waals surface area contributed by atoms with E-state index in [0.29, 0.717) is 13.0 Å². The number of aliphatic hydroxyl groups excluding tert-OH is 1. The Morgan fingerprint density at radius 1 is 1.44 bits per heavy atom. The molecule has 0 aliphatic carbocycles. The molecule has 2 amide bonds. The van der Waals surface area contributed by atoms with Gasteiger partial charge in [0.25, 0.3) is 0 Å². The summed E-state index contributed by atoms with van der Waals surface area (Å²) >= 11 is 1.60. The van der Waals surface area contributed by atoms with E-state index in [9.17, 15) is 9.59 Å². The van der Waals surface area contributed by atoms with E-state index in [1.54, 1.807) is 11.3 Å². The van der Waals surface area contributed by atoms with E-state index in [4.69, 9.17) is 10.2 Å². The topological polar surface area (TPSA) is 98.7 Å². The van der Waals surface area contributed by atoms with Crippen LogP contribution in [0.1, 0.15) is 11.3 Å². The highest BCUT2D eigenvalue weighted by molar-refractivity contribution is 7.09. The van der Waals surface area contributed by atoms with Crippen molar-refractivity contribution in [3.05, 3.63) is 22.4 Å². The molecule has 1 heterocycles. The van der Waals surface area contributed by atoms with Crippen LogP contribution in [0.5, 0.6) is 0 Å². The number of carbonyl (C=O) groups is 2. The van der Waals surface area contributed by atoms with Gasteiger partial charge >= 0.3 is 12.0 Å². The molecule has 0 aromatic carbocycles. The second kappa shape index (κ2) is 7.67. The molecule has 6 nitrogen and oxygen atoms in total. The van der Waals surface area contributed by atoms with E-state index in [1.807, 2.05) is 17.5 Å². The maximum atomic E-state index is 11.4. The van der Waals surface area contributed by atoms with Crippen LogP contribution in [0.4, 0.5) is 4.79 Å². The van der Waals surface area contributed by atoms with Crippen LogP contribution in [0.25, 0.3) is 0 Å². The van der Waals surface area contributed by atoms with Gasteiger partial charge < -0.3 is 20.8 Å². The number of thiophene rings is 1. The minimum atomic E-state index is -1.16. The van der Waals surface area contributed by atoms with Gasteiger partial charge in [0.1, 0.15) is 6.04 Å². The zero-order valence-electron chi connectivity index (χ0n) is 9.76. The number of hydrogen-bond acceptors (Lipinski definition) is 4. The van der Waals surface area contributed by atoms with Gasteiger partial charge in [0, 0.05) is 24.4 Å². The Kier molecular flexibility index (Phi) is 6.16. The molecule has 1 rings (SSSR count). The first-order chi connectivity index (χ1) is 8.63. The number of urea groups is 1. The zero-order chi connectivity index (χ0) is 13.4. The summed E-state index contributed by atoms with van der Waals surface area (Å²) in [5, 5.41) is 24.3. The summed E-state index contributed by atoms with van der Waals surface area (Å²) in [7, 11) is 0. The van der Waals surface area contributed by atoms with Crippen LogP contribution in [-0.4, -0.2) is 41.4 Å². The van der Waals surface area contributed by atoms with Crippen LogP contribution in [-0.2, 0) is 11.2 Å². The number of aliphatic hydroxyl groups is 1. The first kappa shape index (κ1) is 14.5. The summed E-state index contributed by atoms with van der Waals surface area (Å²) in [5.74, 6) is -1.16. The Hall–Kier alpha value is -1.60. The van der Waals surface area contributed by atoms with Crippen LogP contribution in [0.3, 0.4) is 0 Å². The van der Waals surface area contributed by atoms with Crippen molar-refractivity contribution in [1.29, 1.82) is 0 Å². The summed E-state index contributed by atoms with van der Waals surface area (Å²) in [5.41, 5.74) is 0. The highest BCUT2D eigenvalue weighted by atomic mass is 32.1. The van der Waals surface area contributed by atoms with E-state index >= 15 is 0 Å². The Balaban J connectivity index is 2.25. The van der Waals surface area contributed by atoms with Crippen LogP contribution >= 0.6 is 11.3 Å². The smallest absolute Gasteiger partial charge is 0.326 e. The molecule has 1 aromatic heterocycles. The second-order valence-corrected chi connectivity index (χ2v) is 4.66. The summed E-state index contributed by atoms with van der Waals surface area (Å²) in [6.45, 7) is 0.157. The highest BCUT2D eigenvalue weighted by Gasteiger charge is 2.18. The van der Waals surface area contributed by atoms with Crippen LogP contribution in [0, 0.1) is 0 Å². The molecule has 0 saturated heterocycles. The number of nitrogens with one attached hydrogen (secondary N) is 2. The molecule has 7 heteroatoms. The van der Waals surface area contributed by atoms with Crippen molar-refractivity contribution in [3.8, 4) is 0 Å². The van der Waals surface area contributed by atoms with Gasteiger partial charge in [-0.25, -0.2) is 9.59 Å². The predicted molar refractivity (Wildman–Crippen MR) is 67.7 cm³/mol. The van der Waals surface area contributed by atoms with Gasteiger partial charge in [0.05, 0.1) is 0 Å². The van der Waals surface area contributed by atoms with Gasteiger partial charge in [0.2, 0.25) is 0 Å². The fraction of sp³-hybridized carbons (Fsp3) is 0.455. The van der Waals surface area contributed by atoms with Gasteiger partial charge in [-0.2, -0.15) is 0 Å². The van der Waals surface area contributed by atoms with Crippen molar-refractivity contribution in [2.24, 2.45) is 0 Å². The van der Waals surface area contributed by atoms with Gasteiger partial charge in [0.15, 0.2) is 0 Å². The average Bonchev–Trinajstić information content (AvgIpc) is 2.81. The molecule has 1 atom stereocenters. The molecule has 0 radical (unpaired) electrons. The molecular formula is C11H16N2O4S. The van der Waals surface area contributed by atoms with E-state index in [1.165, 1.54) is 0 Å². The average molecular weight is 272 g/mol. The Bertz CT molecular complexity index is 380. The number of carboxylic acid groups (broad SMARTS) is 1. The molecule has 100 valence electrons. The van der Waals surface area contributed by atoms with Crippen molar-refractivity contribution < 1.29 is 19.8 Å². The molecular weight excluding hydrogens is 256 g/mol. The van der Waals surface area contributed by atoms with E-state index < -0.39 is 18.0 Å². The van der Waals surface area contributed by atoms with Crippen molar-refractivity contribution in [2.75, 3.05) is 13.2 Å². The van der Waals surface area contributed by atoms with Crippen molar-refractivity contribution in [3.63, 3.8) is 0 Å². The first-order valence-electron chi connectivity index (χ1n) is 5.54. The lowest BCUT2D eigenvalue weighted by Crippen LogP contribution is -2.46. The summed E-state index contributed by atoms with van der Waals surface area (Å²) in [6.07, 6.45) is 0.705. The van der Waals surface area contributed by atoms with Gasteiger partial charge in [-0.15, -0.1) is 11.3 Å². The third-order valence-electron chi connectivity index (χ3n) is 2.26. The molecule has 0 saturated carbocycles. The predicted octanol–water partition coefficient (Wildman–Crippen LogP) is 0.425. The number of amides is 2. The molecule has 0 spiro atoms. The standard InChI is InChI=1S/C11H16N2O4S/c14-6-4-9(10(15)16)13-11(17)12-5-3-8-2-1-7-18-8/h1-2,7,9,14H,3-6H2,(H,15,16)(H2,12,13,17)/t9-/m0/s1. The van der Waals surface area contributed by atoms with E-state index in [-0.39, 0.29) is 13.0 Å². The van der Waals surface area contributed by atoms with Gasteiger partial charge in [-0.1, -0.05) is 6.07 Å². The molecule has 18 heavy (non-hydrogen) atoms. The zero-order valence-corrected chi connectivity index (χ0v) is 10.6. The monoisotopic (exact) mass is 272 g/mol. The number of carboxylic acids is 1. The largest absolute Gasteiger partial charge is 0.480 e. The van der Waals surface area contributed by atoms with E-state index in [2.05, 4.69) is 10.6 Å². The lowest BCUT2D eigenvalue weighted by atomic mass is 10.2. The summed E-state index contributed by atoms with van der Waals surface area (Å²) in [4.78, 5) is 23.3. The number of carbonyl (C=O) groups excluding carboxylic acids is 1. The minimum Gasteiger partial charge on any atom is -0.480 e. The van der Waals surface area contributed by atoms with Crippen LogP contribution < -0.4 is 10.6 Å². The molecule has 0 fully saturated rings. The Morgan fingerprint density at radius 2 is 2.22 bits per heavy atom. The van der Waals surface area contributed by atoms with E-state index in [0.717, 1.165) is 4.88 Å². The SMILES string of the molecule is O=C(NCCc1cccs1)N[C@@H](CCO)C(=O)O. The fourth-order valence-electron chi connectivity index (χ4n) is 1.35. The van der Waals surface area contributed by atoms with Crippen molar-refractivity contribution in [1.82, 2.24) is 10.6 Å². The van der Waals surface area contributed by atoms with Crippen LogP contribution in [0.15, 0.2) is 17.5 Å². The maximum Gasteiger partial charge on any atom is 0.326 e. The fourth-order valence-corrected chi connectivity index (χ4v) is 2.06. The number of aliphatic carboxylic acids is 1. The molecule has 0 aliphatic heterocycles. The second-order valence-electron chi connectivity index (χ2n) is 3.63. The van der Waals surface area contributed by atoms with Gasteiger partial charge in [-0.05, 0) is 17.9 Å². The molecule has 1 aromatic rings. The molecule has 0 unspecified atom stereocenters. The van der Waals surface area contributed by atoms with Gasteiger partial charge in [-0.3, -0.25) is 0 Å². The summed E-state index contributed by atoms with van der Waals surface area (Å²) < 4.78 is 0. The van der Waals surface area contributed by atoms with Crippen molar-refractivity contribution >= 4 is 23.3 Å². The van der Waals surface area contributed by atoms with Crippen molar-refractivity contribution in [2.45, 2.75) is 18.9 Å². The first-order valence-corrected chi connectivity index (χ1v) is 6.42. The van der Waals surface area contributed by atoms with Crippen LogP contribution in [0.2, 0.25) is 0 Å². The lowest BCUT2D eigenvalue weighted by molar-refractivity contribution is -0.139. The quantitative estimate of drug-likeness (QED) is 0.578. The molecule has 0 bridgehead atoms. The molecule has 4 N–H and O–H groups in total. The third kappa shape index (κ3) is 5.15. The number of rotatable bonds is 7. The number of hydrogen-bond donors (Lipinski definition) is 4. The maximum absolute atomic E-state index is 11.4. The summed E-state index contributed by atoms with van der Waals surface area (Å²) in [6, 6.07) is 2.31. The Labute approximate surface area is 109 Å². The minimum absolute atomic E-state index is 0.00627. The normalized spacial score (nSPS) is 11.8. The lowest BCUT2D eigenvalue weighted by Gasteiger charge is -2.13. The highest BCUT2D eigenvalue weighted by Crippen LogP contribution is 2.07.